The molecule has 0 aliphatic rings. The molecule has 1 heterocycles. The summed E-state index contributed by atoms with van der Waals surface area (Å²) in [5.41, 5.74) is 6.08. The van der Waals surface area contributed by atoms with Crippen molar-refractivity contribution in [2.24, 2.45) is 0 Å². The van der Waals surface area contributed by atoms with Gasteiger partial charge in [-0.25, -0.2) is 9.97 Å². The van der Waals surface area contributed by atoms with E-state index in [4.69, 9.17) is 5.73 Å². The minimum absolute atomic E-state index is 0.272. The summed E-state index contributed by atoms with van der Waals surface area (Å²) in [6.45, 7) is 0.657. The molecule has 1 rings (SSSR count). The molecule has 3 N–H and O–H groups in total. The van der Waals surface area contributed by atoms with Gasteiger partial charge in [-0.2, -0.15) is 0 Å². The molecular weight excluding hydrogens is 152 g/mol. The monoisotopic (exact) mass is 162 g/mol. The molecule has 12 heavy (non-hydrogen) atoms. The fourth-order valence-electron chi connectivity index (χ4n) is 0.637. The highest BCUT2D eigenvalue weighted by atomic mass is 15.0. The molecule has 1 aromatic heterocycles. The van der Waals surface area contributed by atoms with Gasteiger partial charge in [0.1, 0.15) is 0 Å². The van der Waals surface area contributed by atoms with E-state index in [0.717, 1.165) is 5.56 Å². The van der Waals surface area contributed by atoms with Crippen molar-refractivity contribution >= 4 is 5.95 Å². The zero-order chi connectivity index (χ0) is 8.81. The van der Waals surface area contributed by atoms with Crippen molar-refractivity contribution in [2.75, 3.05) is 19.3 Å². The summed E-state index contributed by atoms with van der Waals surface area (Å²) in [4.78, 5) is 7.60. The summed E-state index contributed by atoms with van der Waals surface area (Å²) in [5, 5.41) is 2.91. The Balaban J connectivity index is 2.66. The van der Waals surface area contributed by atoms with Gasteiger partial charge >= 0.3 is 0 Å². The van der Waals surface area contributed by atoms with Crippen LogP contribution in [-0.2, 0) is 0 Å². The Bertz CT molecular complexity index is 293. The third-order valence-corrected chi connectivity index (χ3v) is 1.17. The summed E-state index contributed by atoms with van der Waals surface area (Å²) in [6, 6.07) is 0. The number of rotatable bonds is 1. The minimum atomic E-state index is 0.272. The highest BCUT2D eigenvalue weighted by molar-refractivity contribution is 5.32. The van der Waals surface area contributed by atoms with E-state index in [1.807, 2.05) is 7.05 Å². The number of nitrogens with one attached hydrogen (secondary N) is 1. The van der Waals surface area contributed by atoms with Crippen LogP contribution in [0.4, 0.5) is 5.95 Å². The first kappa shape index (κ1) is 8.50. The quantitative estimate of drug-likeness (QED) is 0.553. The molecule has 0 bridgehead atoms. The lowest BCUT2D eigenvalue weighted by Gasteiger charge is -1.89. The van der Waals surface area contributed by atoms with Crippen LogP contribution in [0, 0.1) is 11.8 Å². The normalized spacial score (nSPS) is 8.75. The van der Waals surface area contributed by atoms with Gasteiger partial charge in [0.2, 0.25) is 5.95 Å². The molecule has 0 unspecified atom stereocenters. The molecule has 0 saturated carbocycles. The number of nitrogens with zero attached hydrogens (tertiary/aromatic N) is 2. The Labute approximate surface area is 71.2 Å². The predicted molar refractivity (Wildman–Crippen MR) is 47.2 cm³/mol. The lowest BCUT2D eigenvalue weighted by atomic mass is 10.3. The maximum atomic E-state index is 5.30. The van der Waals surface area contributed by atoms with Gasteiger partial charge in [0.15, 0.2) is 0 Å². The molecule has 0 atom stereocenters. The third-order valence-electron chi connectivity index (χ3n) is 1.17. The first-order chi connectivity index (χ1) is 5.83. The average Bonchev–Trinajstić information content (AvgIpc) is 2.09. The molecule has 0 radical (unpaired) electrons. The first-order valence-corrected chi connectivity index (χ1v) is 3.54. The molecule has 1 aromatic rings. The van der Waals surface area contributed by atoms with Crippen LogP contribution in [0.2, 0.25) is 0 Å². The van der Waals surface area contributed by atoms with Crippen molar-refractivity contribution in [3.05, 3.63) is 18.0 Å². The largest absolute Gasteiger partial charge is 0.368 e. The van der Waals surface area contributed by atoms with E-state index in [2.05, 4.69) is 27.1 Å². The summed E-state index contributed by atoms with van der Waals surface area (Å²) in [7, 11) is 1.84. The molecule has 0 aromatic carbocycles. The molecule has 62 valence electrons. The lowest BCUT2D eigenvalue weighted by molar-refractivity contribution is 0.938. The number of hydrogen-bond donors (Lipinski definition) is 2. The van der Waals surface area contributed by atoms with E-state index in [1.54, 1.807) is 12.4 Å². The van der Waals surface area contributed by atoms with Gasteiger partial charge in [-0.15, -0.1) is 0 Å². The van der Waals surface area contributed by atoms with E-state index in [0.29, 0.717) is 6.54 Å². The van der Waals surface area contributed by atoms with Crippen LogP contribution in [0.15, 0.2) is 12.4 Å². The summed E-state index contributed by atoms with van der Waals surface area (Å²) < 4.78 is 0. The van der Waals surface area contributed by atoms with Crippen molar-refractivity contribution in [3.8, 4) is 11.8 Å². The molecule has 0 spiro atoms. The van der Waals surface area contributed by atoms with E-state index in [1.165, 1.54) is 0 Å². The molecule has 0 fully saturated rings. The van der Waals surface area contributed by atoms with Gasteiger partial charge in [-0.3, -0.25) is 0 Å². The fourth-order valence-corrected chi connectivity index (χ4v) is 0.637. The van der Waals surface area contributed by atoms with Crippen molar-refractivity contribution in [1.82, 2.24) is 15.3 Å². The highest BCUT2D eigenvalue weighted by Gasteiger charge is 1.87. The van der Waals surface area contributed by atoms with Gasteiger partial charge < -0.3 is 11.1 Å². The maximum absolute atomic E-state index is 5.30. The Morgan fingerprint density at radius 1 is 1.50 bits per heavy atom. The van der Waals surface area contributed by atoms with Gasteiger partial charge in [0.05, 0.1) is 12.1 Å². The Morgan fingerprint density at radius 2 is 2.17 bits per heavy atom. The van der Waals surface area contributed by atoms with Crippen LogP contribution in [0.1, 0.15) is 5.56 Å². The summed E-state index contributed by atoms with van der Waals surface area (Å²) >= 11 is 0. The minimum Gasteiger partial charge on any atom is -0.368 e. The topological polar surface area (TPSA) is 63.8 Å². The average molecular weight is 162 g/mol. The highest BCUT2D eigenvalue weighted by Crippen LogP contribution is 1.93. The maximum Gasteiger partial charge on any atom is 0.219 e. The number of anilines is 1. The number of hydrogen-bond acceptors (Lipinski definition) is 4. The molecule has 0 aliphatic carbocycles. The Kier molecular flexibility index (Phi) is 3.05. The Morgan fingerprint density at radius 3 is 2.75 bits per heavy atom. The van der Waals surface area contributed by atoms with E-state index in [-0.39, 0.29) is 5.95 Å². The SMILES string of the molecule is CNCC#Cc1cnc(N)nc1. The van der Waals surface area contributed by atoms with Crippen LogP contribution in [0.25, 0.3) is 0 Å². The zero-order valence-electron chi connectivity index (χ0n) is 6.83. The number of aromatic nitrogens is 2. The molecule has 0 aliphatic heterocycles. The predicted octanol–water partition coefficient (Wildman–Crippen LogP) is -0.370. The Hall–Kier alpha value is -1.60. The van der Waals surface area contributed by atoms with Crippen molar-refractivity contribution < 1.29 is 0 Å². The van der Waals surface area contributed by atoms with Crippen molar-refractivity contribution in [1.29, 1.82) is 0 Å². The molecule has 0 saturated heterocycles. The zero-order valence-corrected chi connectivity index (χ0v) is 6.83. The summed E-state index contributed by atoms with van der Waals surface area (Å²) in [5.74, 6) is 6.04. The molecule has 4 heteroatoms. The molecule has 4 nitrogen and oxygen atoms in total. The second kappa shape index (κ2) is 4.31. The van der Waals surface area contributed by atoms with Gasteiger partial charge in [0.25, 0.3) is 0 Å². The number of nitrogen functional groups attached to an aromatic ring is 1. The second-order valence-electron chi connectivity index (χ2n) is 2.16. The standard InChI is InChI=1S/C8H10N4/c1-10-4-2-3-7-5-11-8(9)12-6-7/h5-6,10H,4H2,1H3,(H2,9,11,12). The smallest absolute Gasteiger partial charge is 0.219 e. The van der Waals surface area contributed by atoms with E-state index in [9.17, 15) is 0 Å². The van der Waals surface area contributed by atoms with Crippen LogP contribution in [0.5, 0.6) is 0 Å². The van der Waals surface area contributed by atoms with E-state index >= 15 is 0 Å². The van der Waals surface area contributed by atoms with Crippen LogP contribution >= 0.6 is 0 Å². The fraction of sp³-hybridized carbons (Fsp3) is 0.250. The van der Waals surface area contributed by atoms with Crippen molar-refractivity contribution in [2.45, 2.75) is 0 Å². The van der Waals surface area contributed by atoms with Crippen LogP contribution < -0.4 is 11.1 Å². The third kappa shape index (κ3) is 2.56. The van der Waals surface area contributed by atoms with Gasteiger partial charge in [-0.1, -0.05) is 11.8 Å². The number of nitrogens with two attached hydrogens (primary N) is 1. The summed E-state index contributed by atoms with van der Waals surface area (Å²) in [6.07, 6.45) is 3.20. The van der Waals surface area contributed by atoms with Crippen LogP contribution in [0.3, 0.4) is 0 Å². The molecular formula is C8H10N4. The van der Waals surface area contributed by atoms with Gasteiger partial charge in [-0.05, 0) is 7.05 Å². The van der Waals surface area contributed by atoms with Gasteiger partial charge in [0, 0.05) is 12.4 Å². The van der Waals surface area contributed by atoms with Crippen molar-refractivity contribution in [3.63, 3.8) is 0 Å². The lowest BCUT2D eigenvalue weighted by Crippen LogP contribution is -2.04. The molecule has 0 amide bonds. The van der Waals surface area contributed by atoms with E-state index < -0.39 is 0 Å². The van der Waals surface area contributed by atoms with Crippen LogP contribution in [-0.4, -0.2) is 23.6 Å². The second-order valence-corrected chi connectivity index (χ2v) is 2.16. The first-order valence-electron chi connectivity index (χ1n) is 3.54.